The van der Waals surface area contributed by atoms with Crippen LogP contribution in [0.2, 0.25) is 0 Å². The molecule has 1 N–H and O–H groups in total. The molecule has 4 nitrogen and oxygen atoms in total. The normalized spacial score (nSPS) is 20.5. The fourth-order valence-corrected chi connectivity index (χ4v) is 3.37. The Labute approximate surface area is 149 Å². The van der Waals surface area contributed by atoms with Crippen LogP contribution in [-0.4, -0.2) is 41.8 Å². The topological polar surface area (TPSA) is 41.6 Å². The highest BCUT2D eigenvalue weighted by atomic mass is 16.6. The molecule has 1 heterocycles. The van der Waals surface area contributed by atoms with E-state index in [1.54, 1.807) is 0 Å². The molecule has 0 aromatic rings. The van der Waals surface area contributed by atoms with Gasteiger partial charge in [-0.15, -0.1) is 0 Å². The second-order valence-electron chi connectivity index (χ2n) is 8.33. The van der Waals surface area contributed by atoms with Crippen LogP contribution in [0.25, 0.3) is 0 Å². The first-order chi connectivity index (χ1) is 11.3. The van der Waals surface area contributed by atoms with Gasteiger partial charge in [-0.2, -0.15) is 0 Å². The summed E-state index contributed by atoms with van der Waals surface area (Å²) < 4.78 is 5.64. The molecule has 0 saturated carbocycles. The van der Waals surface area contributed by atoms with Crippen molar-refractivity contribution in [2.75, 3.05) is 13.1 Å². The van der Waals surface area contributed by atoms with Gasteiger partial charge in [0.2, 0.25) is 0 Å². The van der Waals surface area contributed by atoms with Crippen molar-refractivity contribution in [2.45, 2.75) is 110 Å². The van der Waals surface area contributed by atoms with E-state index in [2.05, 4.69) is 19.2 Å². The number of hydrogen-bond acceptors (Lipinski definition) is 3. The molecular formula is C20H40N2O2. The molecule has 4 heteroatoms. The summed E-state index contributed by atoms with van der Waals surface area (Å²) in [6.07, 6.45) is 10.7. The quantitative estimate of drug-likeness (QED) is 0.624. The molecule has 1 saturated heterocycles. The Morgan fingerprint density at radius 1 is 1.21 bits per heavy atom. The van der Waals surface area contributed by atoms with Gasteiger partial charge in [0.25, 0.3) is 0 Å². The van der Waals surface area contributed by atoms with Gasteiger partial charge in [0.1, 0.15) is 5.60 Å². The van der Waals surface area contributed by atoms with Crippen LogP contribution in [0.15, 0.2) is 0 Å². The molecule has 0 aromatic heterocycles. The number of nitrogens with one attached hydrogen (secondary N) is 1. The second-order valence-corrected chi connectivity index (χ2v) is 8.33. The van der Waals surface area contributed by atoms with Crippen molar-refractivity contribution < 1.29 is 9.53 Å². The molecule has 0 spiro atoms. The van der Waals surface area contributed by atoms with Gasteiger partial charge >= 0.3 is 6.09 Å². The van der Waals surface area contributed by atoms with Gasteiger partial charge in [-0.1, -0.05) is 39.0 Å². The fraction of sp³-hybridized carbons (Fsp3) is 0.950. The molecule has 0 aliphatic carbocycles. The minimum atomic E-state index is -0.420. The SMILES string of the molecule is CCCCCCNC(C)CC1CCCCCN1C(=O)OC(C)(C)C. The number of carbonyl (C=O) groups excluding carboxylic acids is 1. The van der Waals surface area contributed by atoms with E-state index in [9.17, 15) is 4.79 Å². The van der Waals surface area contributed by atoms with Crippen LogP contribution in [-0.2, 0) is 4.74 Å². The lowest BCUT2D eigenvalue weighted by molar-refractivity contribution is 0.0150. The maximum atomic E-state index is 12.6. The third-order valence-electron chi connectivity index (χ3n) is 4.65. The zero-order valence-corrected chi connectivity index (χ0v) is 16.7. The predicted molar refractivity (Wildman–Crippen MR) is 101 cm³/mol. The third-order valence-corrected chi connectivity index (χ3v) is 4.65. The predicted octanol–water partition coefficient (Wildman–Crippen LogP) is 5.11. The number of rotatable bonds is 8. The number of carbonyl (C=O) groups is 1. The summed E-state index contributed by atoms with van der Waals surface area (Å²) in [6.45, 7) is 12.2. The third kappa shape index (κ3) is 8.91. The molecule has 2 unspecified atom stereocenters. The number of ether oxygens (including phenoxy) is 1. The lowest BCUT2D eigenvalue weighted by Crippen LogP contribution is -2.45. The molecule has 2 atom stereocenters. The van der Waals surface area contributed by atoms with Crippen LogP contribution >= 0.6 is 0 Å². The van der Waals surface area contributed by atoms with Crippen molar-refractivity contribution in [1.82, 2.24) is 10.2 Å². The van der Waals surface area contributed by atoms with Crippen molar-refractivity contribution in [3.05, 3.63) is 0 Å². The molecule has 0 radical (unpaired) electrons. The van der Waals surface area contributed by atoms with Crippen LogP contribution in [0.3, 0.4) is 0 Å². The molecule has 24 heavy (non-hydrogen) atoms. The average Bonchev–Trinajstić information content (AvgIpc) is 2.70. The lowest BCUT2D eigenvalue weighted by Gasteiger charge is -2.33. The molecule has 142 valence electrons. The number of unbranched alkanes of at least 4 members (excludes halogenated alkanes) is 3. The van der Waals surface area contributed by atoms with E-state index in [0.717, 1.165) is 32.4 Å². The van der Waals surface area contributed by atoms with Gasteiger partial charge in [0, 0.05) is 18.6 Å². The first kappa shape index (κ1) is 21.3. The van der Waals surface area contributed by atoms with Crippen molar-refractivity contribution in [3.63, 3.8) is 0 Å². The standard InChI is InChI=1S/C20H40N2O2/c1-6-7-8-11-14-21-17(2)16-18-13-10-9-12-15-22(18)19(23)24-20(3,4)5/h17-18,21H,6-16H2,1-5H3. The molecule has 1 aliphatic heterocycles. The van der Waals surface area contributed by atoms with Crippen molar-refractivity contribution in [1.29, 1.82) is 0 Å². The molecule has 1 fully saturated rings. The summed E-state index contributed by atoms with van der Waals surface area (Å²) in [6, 6.07) is 0.750. The van der Waals surface area contributed by atoms with Gasteiger partial charge in [-0.25, -0.2) is 4.79 Å². The zero-order chi connectivity index (χ0) is 18.0. The Bertz CT molecular complexity index is 352. The molecule has 1 aliphatic rings. The lowest BCUT2D eigenvalue weighted by atomic mass is 10.0. The molecule has 1 amide bonds. The van der Waals surface area contributed by atoms with E-state index in [0.29, 0.717) is 12.1 Å². The van der Waals surface area contributed by atoms with Crippen LogP contribution in [0.4, 0.5) is 4.79 Å². The van der Waals surface area contributed by atoms with Crippen LogP contribution in [0.1, 0.15) is 92.4 Å². The Balaban J connectivity index is 2.49. The number of nitrogens with zero attached hydrogens (tertiary/aromatic N) is 1. The molecule has 1 rings (SSSR count). The summed E-state index contributed by atoms with van der Waals surface area (Å²) in [5.41, 5.74) is -0.420. The summed E-state index contributed by atoms with van der Waals surface area (Å²) in [7, 11) is 0. The van der Waals surface area contributed by atoms with Crippen LogP contribution < -0.4 is 5.32 Å². The highest BCUT2D eigenvalue weighted by Gasteiger charge is 2.30. The monoisotopic (exact) mass is 340 g/mol. The number of likely N-dealkylation sites (tertiary alicyclic amines) is 1. The van der Waals surface area contributed by atoms with Gasteiger partial charge in [0.15, 0.2) is 0 Å². The largest absolute Gasteiger partial charge is 0.444 e. The van der Waals surface area contributed by atoms with E-state index < -0.39 is 5.60 Å². The Kier molecular flexibility index (Phi) is 9.72. The fourth-order valence-electron chi connectivity index (χ4n) is 3.37. The van der Waals surface area contributed by atoms with Crippen LogP contribution in [0.5, 0.6) is 0 Å². The van der Waals surface area contributed by atoms with Crippen molar-refractivity contribution in [3.8, 4) is 0 Å². The zero-order valence-electron chi connectivity index (χ0n) is 16.7. The molecular weight excluding hydrogens is 300 g/mol. The molecule has 0 bridgehead atoms. The second kappa shape index (κ2) is 11.0. The summed E-state index contributed by atoms with van der Waals surface area (Å²) in [5, 5.41) is 3.64. The minimum Gasteiger partial charge on any atom is -0.444 e. The van der Waals surface area contributed by atoms with Gasteiger partial charge in [-0.05, 0) is 59.9 Å². The highest BCUT2D eigenvalue weighted by Crippen LogP contribution is 2.23. The van der Waals surface area contributed by atoms with E-state index >= 15 is 0 Å². The Morgan fingerprint density at radius 2 is 1.96 bits per heavy atom. The van der Waals surface area contributed by atoms with Crippen LogP contribution in [0, 0.1) is 0 Å². The van der Waals surface area contributed by atoms with E-state index in [1.807, 2.05) is 25.7 Å². The Morgan fingerprint density at radius 3 is 2.62 bits per heavy atom. The van der Waals surface area contributed by atoms with Gasteiger partial charge < -0.3 is 15.0 Å². The summed E-state index contributed by atoms with van der Waals surface area (Å²) in [5.74, 6) is 0. The molecule has 0 aromatic carbocycles. The van der Waals surface area contributed by atoms with E-state index in [1.165, 1.54) is 38.5 Å². The van der Waals surface area contributed by atoms with Gasteiger partial charge in [-0.3, -0.25) is 0 Å². The Hall–Kier alpha value is -0.770. The van der Waals surface area contributed by atoms with Gasteiger partial charge in [0.05, 0.1) is 0 Å². The van der Waals surface area contributed by atoms with E-state index in [4.69, 9.17) is 4.74 Å². The maximum Gasteiger partial charge on any atom is 0.410 e. The summed E-state index contributed by atoms with van der Waals surface area (Å²) in [4.78, 5) is 14.6. The first-order valence-electron chi connectivity index (χ1n) is 10.1. The number of hydrogen-bond donors (Lipinski definition) is 1. The maximum absolute atomic E-state index is 12.6. The number of amides is 1. The van der Waals surface area contributed by atoms with E-state index in [-0.39, 0.29) is 6.09 Å². The summed E-state index contributed by atoms with van der Waals surface area (Å²) >= 11 is 0. The van der Waals surface area contributed by atoms with Crippen molar-refractivity contribution >= 4 is 6.09 Å². The first-order valence-corrected chi connectivity index (χ1v) is 10.1. The highest BCUT2D eigenvalue weighted by molar-refractivity contribution is 5.68. The smallest absolute Gasteiger partial charge is 0.410 e. The average molecular weight is 341 g/mol. The van der Waals surface area contributed by atoms with Crippen molar-refractivity contribution in [2.24, 2.45) is 0 Å². The minimum absolute atomic E-state index is 0.135.